The number of fused-ring (bicyclic) bond motifs is 1. The number of carbonyl (C=O) groups excluding carboxylic acids is 1. The Balaban J connectivity index is 1.65. The molecule has 0 bridgehead atoms. The highest BCUT2D eigenvalue weighted by atomic mass is 16.1. The normalized spacial score (nSPS) is 10.8. The van der Waals surface area contributed by atoms with Crippen molar-refractivity contribution in [3.05, 3.63) is 53.3 Å². The first-order valence-corrected chi connectivity index (χ1v) is 7.36. The molecule has 0 atom stereocenters. The first kappa shape index (κ1) is 15.0. The largest absolute Gasteiger partial charge is 0.326 e. The van der Waals surface area contributed by atoms with Crippen molar-refractivity contribution >= 4 is 22.5 Å². The van der Waals surface area contributed by atoms with E-state index < -0.39 is 0 Å². The molecule has 0 spiro atoms. The predicted molar refractivity (Wildman–Crippen MR) is 87.1 cm³/mol. The lowest BCUT2D eigenvalue weighted by Gasteiger charge is -2.07. The number of anilines is 1. The fourth-order valence-corrected chi connectivity index (χ4v) is 2.35. The lowest BCUT2D eigenvalue weighted by molar-refractivity contribution is -0.116. The molecule has 0 saturated carbocycles. The van der Waals surface area contributed by atoms with E-state index in [-0.39, 0.29) is 11.5 Å². The summed E-state index contributed by atoms with van der Waals surface area (Å²) in [6.45, 7) is 0.697. The van der Waals surface area contributed by atoms with Crippen LogP contribution in [-0.2, 0) is 18.4 Å². The van der Waals surface area contributed by atoms with E-state index >= 15 is 0 Å². The molecule has 3 rings (SSSR count). The average Bonchev–Trinajstić information content (AvgIpc) is 3.05. The van der Waals surface area contributed by atoms with Gasteiger partial charge in [-0.3, -0.25) is 14.3 Å². The molecule has 7 nitrogen and oxygen atoms in total. The maximum Gasteiger partial charge on any atom is 0.260 e. The Bertz CT molecular complexity index is 883. The Morgan fingerprint density at radius 3 is 3.00 bits per heavy atom. The number of aromatic nitrogens is 4. The minimum Gasteiger partial charge on any atom is -0.326 e. The number of aryl methyl sites for hydroxylation is 2. The number of rotatable bonds is 5. The van der Waals surface area contributed by atoms with Crippen molar-refractivity contribution in [1.82, 2.24) is 19.3 Å². The smallest absolute Gasteiger partial charge is 0.260 e. The molecule has 0 saturated heterocycles. The molecule has 7 heteroatoms. The van der Waals surface area contributed by atoms with Gasteiger partial charge in [0.1, 0.15) is 0 Å². The summed E-state index contributed by atoms with van der Waals surface area (Å²) in [4.78, 5) is 28.2. The third-order valence-corrected chi connectivity index (χ3v) is 3.55. The van der Waals surface area contributed by atoms with Gasteiger partial charge < -0.3 is 9.88 Å². The van der Waals surface area contributed by atoms with Crippen LogP contribution in [0.25, 0.3) is 10.9 Å². The van der Waals surface area contributed by atoms with Crippen LogP contribution in [0, 0.1) is 0 Å². The topological polar surface area (TPSA) is 81.8 Å². The quantitative estimate of drug-likeness (QED) is 0.775. The van der Waals surface area contributed by atoms with E-state index in [4.69, 9.17) is 0 Å². The van der Waals surface area contributed by atoms with Gasteiger partial charge in [-0.05, 0) is 30.7 Å². The van der Waals surface area contributed by atoms with Gasteiger partial charge in [0.05, 0.1) is 17.2 Å². The fraction of sp³-hybridized carbons (Fsp3) is 0.250. The number of nitrogens with one attached hydrogen (secondary N) is 1. The van der Waals surface area contributed by atoms with Crippen LogP contribution in [0.4, 0.5) is 5.69 Å². The lowest BCUT2D eigenvalue weighted by Crippen LogP contribution is -2.17. The van der Waals surface area contributed by atoms with Crippen molar-refractivity contribution in [2.75, 3.05) is 5.32 Å². The molecule has 1 aromatic carbocycles. The van der Waals surface area contributed by atoms with Gasteiger partial charge in [0.2, 0.25) is 5.91 Å². The van der Waals surface area contributed by atoms with Crippen molar-refractivity contribution in [2.45, 2.75) is 19.4 Å². The van der Waals surface area contributed by atoms with Gasteiger partial charge in [-0.15, -0.1) is 0 Å². The van der Waals surface area contributed by atoms with E-state index in [0.29, 0.717) is 36.0 Å². The summed E-state index contributed by atoms with van der Waals surface area (Å²) in [5.74, 6) is -0.0859. The molecule has 23 heavy (non-hydrogen) atoms. The molecule has 3 aromatic rings. The number of hydrogen-bond donors (Lipinski definition) is 1. The fourth-order valence-electron chi connectivity index (χ4n) is 2.35. The van der Waals surface area contributed by atoms with E-state index in [1.165, 1.54) is 10.9 Å². The molecule has 1 amide bonds. The second-order valence-corrected chi connectivity index (χ2v) is 5.31. The van der Waals surface area contributed by atoms with Crippen molar-refractivity contribution in [2.24, 2.45) is 7.05 Å². The summed E-state index contributed by atoms with van der Waals surface area (Å²) in [7, 11) is 1.65. The number of nitrogens with zero attached hydrogens (tertiary/aromatic N) is 4. The highest BCUT2D eigenvalue weighted by Gasteiger charge is 2.06. The molecule has 2 aromatic heterocycles. The Hall–Kier alpha value is -2.96. The van der Waals surface area contributed by atoms with E-state index in [2.05, 4.69) is 15.4 Å². The molecule has 0 unspecified atom stereocenters. The number of carbonyl (C=O) groups is 1. The second kappa shape index (κ2) is 6.43. The number of hydrogen-bond acceptors (Lipinski definition) is 4. The van der Waals surface area contributed by atoms with Crippen LogP contribution in [0.3, 0.4) is 0 Å². The molecule has 0 radical (unpaired) electrons. The van der Waals surface area contributed by atoms with Crippen LogP contribution in [0.1, 0.15) is 12.8 Å². The van der Waals surface area contributed by atoms with E-state index in [9.17, 15) is 9.59 Å². The summed E-state index contributed by atoms with van der Waals surface area (Å²) in [6, 6.07) is 7.00. The number of benzene rings is 1. The summed E-state index contributed by atoms with van der Waals surface area (Å²) in [5, 5.41) is 7.40. The zero-order valence-electron chi connectivity index (χ0n) is 12.8. The summed E-state index contributed by atoms with van der Waals surface area (Å²) >= 11 is 0. The highest BCUT2D eigenvalue weighted by Crippen LogP contribution is 2.14. The average molecular weight is 311 g/mol. The zero-order chi connectivity index (χ0) is 16.2. The molecule has 0 aliphatic heterocycles. The van der Waals surface area contributed by atoms with Gasteiger partial charge in [-0.1, -0.05) is 0 Å². The highest BCUT2D eigenvalue weighted by molar-refractivity contribution is 5.93. The van der Waals surface area contributed by atoms with Crippen molar-refractivity contribution in [3.8, 4) is 0 Å². The summed E-state index contributed by atoms with van der Waals surface area (Å²) in [5.41, 5.74) is 1.08. The minimum absolute atomic E-state index is 0.0859. The van der Waals surface area contributed by atoms with Crippen LogP contribution in [0.15, 0.2) is 47.8 Å². The van der Waals surface area contributed by atoms with E-state index in [1.54, 1.807) is 36.1 Å². The first-order chi connectivity index (χ1) is 11.1. The molecular weight excluding hydrogens is 294 g/mol. The first-order valence-electron chi connectivity index (χ1n) is 7.36. The van der Waals surface area contributed by atoms with Gasteiger partial charge in [0, 0.05) is 38.1 Å². The van der Waals surface area contributed by atoms with Gasteiger partial charge >= 0.3 is 0 Å². The monoisotopic (exact) mass is 311 g/mol. The summed E-state index contributed by atoms with van der Waals surface area (Å²) < 4.78 is 3.21. The van der Waals surface area contributed by atoms with E-state index in [1.807, 2.05) is 12.3 Å². The van der Waals surface area contributed by atoms with Gasteiger partial charge in [0.15, 0.2) is 0 Å². The third-order valence-electron chi connectivity index (χ3n) is 3.55. The molecule has 0 aliphatic rings. The van der Waals surface area contributed by atoms with Crippen LogP contribution in [0.5, 0.6) is 0 Å². The molecular formula is C16H17N5O2. The minimum atomic E-state index is -0.134. The molecule has 1 N–H and O–H groups in total. The van der Waals surface area contributed by atoms with Crippen LogP contribution in [0.2, 0.25) is 0 Å². The van der Waals surface area contributed by atoms with Crippen LogP contribution < -0.4 is 10.9 Å². The Labute approximate surface area is 132 Å². The van der Waals surface area contributed by atoms with Crippen molar-refractivity contribution in [3.63, 3.8) is 0 Å². The molecule has 118 valence electrons. The van der Waals surface area contributed by atoms with Crippen molar-refractivity contribution < 1.29 is 4.79 Å². The SMILES string of the molecule is Cn1cnc2ccc(NC(=O)CCCn3cccn3)cc2c1=O. The lowest BCUT2D eigenvalue weighted by atomic mass is 10.2. The molecule has 2 heterocycles. The Kier molecular flexibility index (Phi) is 4.18. The Morgan fingerprint density at radius 1 is 1.35 bits per heavy atom. The zero-order valence-corrected chi connectivity index (χ0v) is 12.8. The van der Waals surface area contributed by atoms with Gasteiger partial charge in [-0.2, -0.15) is 5.10 Å². The second-order valence-electron chi connectivity index (χ2n) is 5.31. The van der Waals surface area contributed by atoms with Crippen LogP contribution in [-0.4, -0.2) is 25.2 Å². The molecule has 0 aliphatic carbocycles. The predicted octanol–water partition coefficient (Wildman–Crippen LogP) is 1.55. The van der Waals surface area contributed by atoms with Gasteiger partial charge in [0.25, 0.3) is 5.56 Å². The maximum absolute atomic E-state index is 12.1. The summed E-state index contributed by atoms with van der Waals surface area (Å²) in [6.07, 6.45) is 6.15. The Morgan fingerprint density at radius 2 is 2.22 bits per heavy atom. The van der Waals surface area contributed by atoms with Crippen LogP contribution >= 0.6 is 0 Å². The third kappa shape index (κ3) is 3.45. The standard InChI is InChI=1S/C16H17N5O2/c1-20-11-17-14-6-5-12(10-13(14)16(20)23)19-15(22)4-2-8-21-9-3-7-18-21/h3,5-7,9-11H,2,4,8H2,1H3,(H,19,22). The maximum atomic E-state index is 12.1. The molecule has 0 fully saturated rings. The van der Waals surface area contributed by atoms with E-state index in [0.717, 1.165) is 0 Å². The van der Waals surface area contributed by atoms with Gasteiger partial charge in [-0.25, -0.2) is 4.98 Å². The van der Waals surface area contributed by atoms with Crippen molar-refractivity contribution in [1.29, 1.82) is 0 Å². The number of amides is 1.